The Morgan fingerprint density at radius 2 is 2.05 bits per heavy atom. The minimum Gasteiger partial charge on any atom is -0.286 e. The van der Waals surface area contributed by atoms with E-state index in [2.05, 4.69) is 10.1 Å². The van der Waals surface area contributed by atoms with Crippen LogP contribution in [-0.4, -0.2) is 20.5 Å². The normalized spacial score (nSPS) is 10.6. The Labute approximate surface area is 114 Å². The highest BCUT2D eigenvalue weighted by atomic mass is 32.1. The average molecular weight is 269 g/mol. The van der Waals surface area contributed by atoms with Crippen molar-refractivity contribution < 1.29 is 4.79 Å². The van der Waals surface area contributed by atoms with Crippen LogP contribution in [0.15, 0.2) is 48.1 Å². The van der Waals surface area contributed by atoms with Gasteiger partial charge >= 0.3 is 0 Å². The summed E-state index contributed by atoms with van der Waals surface area (Å²) in [4.78, 5) is 16.6. The number of ketones is 1. The van der Waals surface area contributed by atoms with Gasteiger partial charge in [0.05, 0.1) is 11.9 Å². The van der Waals surface area contributed by atoms with Gasteiger partial charge in [-0.2, -0.15) is 5.10 Å². The van der Waals surface area contributed by atoms with E-state index in [9.17, 15) is 4.79 Å². The number of carbonyl (C=O) groups is 1. The van der Waals surface area contributed by atoms with E-state index >= 15 is 0 Å². The maximum Gasteiger partial charge on any atom is 0.221 e. The zero-order valence-corrected chi connectivity index (χ0v) is 11.1. The molecule has 0 atom stereocenters. The molecular weight excluding hydrogens is 258 g/mol. The number of carbonyl (C=O) groups excluding carboxylic acids is 1. The van der Waals surface area contributed by atoms with E-state index in [0.29, 0.717) is 10.6 Å². The largest absolute Gasteiger partial charge is 0.286 e. The lowest BCUT2D eigenvalue weighted by molar-refractivity contribution is 0.103. The molecule has 0 fully saturated rings. The van der Waals surface area contributed by atoms with Crippen LogP contribution in [0.1, 0.15) is 15.4 Å². The first-order valence-electron chi connectivity index (χ1n) is 5.78. The molecule has 3 aromatic rings. The predicted octanol–water partition coefficient (Wildman–Crippen LogP) is 2.77. The maximum absolute atomic E-state index is 12.2. The Balaban J connectivity index is 1.92. The minimum atomic E-state index is -0.0410. The first-order chi connectivity index (χ1) is 9.24. The standard InChI is InChI=1S/C14H11N3OS/c1-17-8-11(7-15-17)12-9-19-14(16-12)13(18)10-5-3-2-4-6-10/h2-9H,1H3. The van der Waals surface area contributed by atoms with E-state index in [1.54, 1.807) is 23.0 Å². The van der Waals surface area contributed by atoms with Crippen molar-refractivity contribution in [1.82, 2.24) is 14.8 Å². The van der Waals surface area contributed by atoms with Gasteiger partial charge in [-0.25, -0.2) is 4.98 Å². The van der Waals surface area contributed by atoms with Gasteiger partial charge in [-0.05, 0) is 0 Å². The fourth-order valence-electron chi connectivity index (χ4n) is 1.78. The molecule has 0 aliphatic rings. The molecule has 3 rings (SSSR count). The molecule has 5 heteroatoms. The fraction of sp³-hybridized carbons (Fsp3) is 0.0714. The molecule has 0 aliphatic heterocycles. The fourth-order valence-corrected chi connectivity index (χ4v) is 2.57. The summed E-state index contributed by atoms with van der Waals surface area (Å²) in [5, 5.41) is 6.49. The van der Waals surface area contributed by atoms with Gasteiger partial charge in [0.15, 0.2) is 5.01 Å². The molecule has 0 saturated carbocycles. The van der Waals surface area contributed by atoms with Gasteiger partial charge in [0, 0.05) is 29.8 Å². The van der Waals surface area contributed by atoms with Crippen molar-refractivity contribution in [3.63, 3.8) is 0 Å². The van der Waals surface area contributed by atoms with Crippen LogP contribution in [0, 0.1) is 0 Å². The molecule has 19 heavy (non-hydrogen) atoms. The zero-order valence-electron chi connectivity index (χ0n) is 10.3. The number of aryl methyl sites for hydroxylation is 1. The molecule has 0 amide bonds. The summed E-state index contributed by atoms with van der Waals surface area (Å²) < 4.78 is 1.72. The van der Waals surface area contributed by atoms with E-state index in [4.69, 9.17) is 0 Å². The quantitative estimate of drug-likeness (QED) is 0.687. The van der Waals surface area contributed by atoms with Crippen molar-refractivity contribution in [1.29, 1.82) is 0 Å². The lowest BCUT2D eigenvalue weighted by Crippen LogP contribution is -1.99. The van der Waals surface area contributed by atoms with Crippen molar-refractivity contribution >= 4 is 17.1 Å². The van der Waals surface area contributed by atoms with Crippen LogP contribution >= 0.6 is 11.3 Å². The molecule has 0 spiro atoms. The SMILES string of the molecule is Cn1cc(-c2csc(C(=O)c3ccccc3)n2)cn1. The van der Waals surface area contributed by atoms with Crippen LogP contribution in [0.4, 0.5) is 0 Å². The van der Waals surface area contributed by atoms with Gasteiger partial charge in [-0.3, -0.25) is 9.48 Å². The molecule has 4 nitrogen and oxygen atoms in total. The molecule has 0 aliphatic carbocycles. The second-order valence-electron chi connectivity index (χ2n) is 4.14. The highest BCUT2D eigenvalue weighted by Gasteiger charge is 2.14. The molecule has 2 heterocycles. The van der Waals surface area contributed by atoms with E-state index in [1.807, 2.05) is 36.8 Å². The summed E-state index contributed by atoms with van der Waals surface area (Å²) in [7, 11) is 1.85. The number of nitrogens with zero attached hydrogens (tertiary/aromatic N) is 3. The maximum atomic E-state index is 12.2. The molecule has 0 bridgehead atoms. The number of benzene rings is 1. The molecular formula is C14H11N3OS. The molecule has 0 N–H and O–H groups in total. The van der Waals surface area contributed by atoms with Gasteiger partial charge in [0.25, 0.3) is 0 Å². The van der Waals surface area contributed by atoms with Gasteiger partial charge in [0.1, 0.15) is 0 Å². The third-order valence-corrected chi connectivity index (χ3v) is 3.58. The van der Waals surface area contributed by atoms with Crippen molar-refractivity contribution in [3.8, 4) is 11.3 Å². The second-order valence-corrected chi connectivity index (χ2v) is 4.99. The Hall–Kier alpha value is -2.27. The monoisotopic (exact) mass is 269 g/mol. The van der Waals surface area contributed by atoms with Crippen LogP contribution in [0.5, 0.6) is 0 Å². The summed E-state index contributed by atoms with van der Waals surface area (Å²) in [5.41, 5.74) is 2.37. The lowest BCUT2D eigenvalue weighted by Gasteiger charge is -1.95. The second kappa shape index (κ2) is 4.78. The van der Waals surface area contributed by atoms with E-state index in [1.165, 1.54) is 11.3 Å². The Morgan fingerprint density at radius 3 is 2.74 bits per heavy atom. The highest BCUT2D eigenvalue weighted by Crippen LogP contribution is 2.22. The Morgan fingerprint density at radius 1 is 1.26 bits per heavy atom. The minimum absolute atomic E-state index is 0.0410. The molecule has 0 radical (unpaired) electrons. The van der Waals surface area contributed by atoms with E-state index < -0.39 is 0 Å². The Kier molecular flexibility index (Phi) is 2.97. The van der Waals surface area contributed by atoms with Gasteiger partial charge in [-0.15, -0.1) is 11.3 Å². The zero-order chi connectivity index (χ0) is 13.2. The van der Waals surface area contributed by atoms with Crippen molar-refractivity contribution in [2.75, 3.05) is 0 Å². The third kappa shape index (κ3) is 2.32. The first-order valence-corrected chi connectivity index (χ1v) is 6.66. The smallest absolute Gasteiger partial charge is 0.221 e. The predicted molar refractivity (Wildman–Crippen MR) is 74.2 cm³/mol. The molecule has 2 aromatic heterocycles. The average Bonchev–Trinajstić information content (AvgIpc) is 3.07. The lowest BCUT2D eigenvalue weighted by atomic mass is 10.1. The van der Waals surface area contributed by atoms with Gasteiger partial charge < -0.3 is 0 Å². The number of hydrogen-bond acceptors (Lipinski definition) is 4. The van der Waals surface area contributed by atoms with Crippen LogP contribution in [0.25, 0.3) is 11.3 Å². The van der Waals surface area contributed by atoms with Crippen LogP contribution < -0.4 is 0 Å². The topological polar surface area (TPSA) is 47.8 Å². The molecule has 0 unspecified atom stereocenters. The van der Waals surface area contributed by atoms with Crippen LogP contribution in [-0.2, 0) is 7.05 Å². The molecule has 1 aromatic carbocycles. The molecule has 94 valence electrons. The summed E-state index contributed by atoms with van der Waals surface area (Å²) in [5.74, 6) is -0.0410. The van der Waals surface area contributed by atoms with Crippen molar-refractivity contribution in [2.45, 2.75) is 0 Å². The number of rotatable bonds is 3. The van der Waals surface area contributed by atoms with Crippen molar-refractivity contribution in [2.24, 2.45) is 7.05 Å². The van der Waals surface area contributed by atoms with E-state index in [0.717, 1.165) is 11.3 Å². The summed E-state index contributed by atoms with van der Waals surface area (Å²) in [6.07, 6.45) is 3.62. The highest BCUT2D eigenvalue weighted by molar-refractivity contribution is 7.12. The van der Waals surface area contributed by atoms with Crippen LogP contribution in [0.2, 0.25) is 0 Å². The summed E-state index contributed by atoms with van der Waals surface area (Å²) in [6, 6.07) is 9.19. The first kappa shape index (κ1) is 11.8. The number of thiazole rings is 1. The van der Waals surface area contributed by atoms with Crippen LogP contribution in [0.3, 0.4) is 0 Å². The van der Waals surface area contributed by atoms with Gasteiger partial charge in [0.2, 0.25) is 5.78 Å². The summed E-state index contributed by atoms with van der Waals surface area (Å²) >= 11 is 1.36. The van der Waals surface area contributed by atoms with Gasteiger partial charge in [-0.1, -0.05) is 30.3 Å². The molecule has 0 saturated heterocycles. The number of hydrogen-bond donors (Lipinski definition) is 0. The Bertz CT molecular complexity index is 715. The van der Waals surface area contributed by atoms with E-state index in [-0.39, 0.29) is 5.78 Å². The van der Waals surface area contributed by atoms with Crippen molar-refractivity contribution in [3.05, 3.63) is 58.7 Å². The third-order valence-electron chi connectivity index (χ3n) is 2.74. The summed E-state index contributed by atoms with van der Waals surface area (Å²) in [6.45, 7) is 0. The number of aromatic nitrogens is 3.